The third-order valence-corrected chi connectivity index (χ3v) is 3.81. The van der Waals surface area contributed by atoms with E-state index in [9.17, 15) is 0 Å². The van der Waals surface area contributed by atoms with Crippen molar-refractivity contribution in [1.82, 2.24) is 10.3 Å². The average molecular weight is 278 g/mol. The van der Waals surface area contributed by atoms with Crippen molar-refractivity contribution in [2.45, 2.75) is 25.4 Å². The molecule has 4 nitrogen and oxygen atoms in total. The highest BCUT2D eigenvalue weighted by atomic mass is 35.5. The van der Waals surface area contributed by atoms with Crippen LogP contribution in [0.25, 0.3) is 0 Å². The highest BCUT2D eigenvalue weighted by Crippen LogP contribution is 2.20. The Labute approximate surface area is 113 Å². The second-order valence-electron chi connectivity index (χ2n) is 4.30. The Morgan fingerprint density at radius 3 is 3.00 bits per heavy atom. The number of thiazole rings is 1. The molecule has 1 aliphatic heterocycles. The van der Waals surface area contributed by atoms with Gasteiger partial charge >= 0.3 is 0 Å². The maximum absolute atomic E-state index is 5.43. The molecule has 1 aromatic rings. The van der Waals surface area contributed by atoms with Gasteiger partial charge in [-0.3, -0.25) is 0 Å². The molecule has 0 saturated carbocycles. The highest BCUT2D eigenvalue weighted by Gasteiger charge is 2.13. The van der Waals surface area contributed by atoms with E-state index in [1.54, 1.807) is 11.3 Å². The van der Waals surface area contributed by atoms with Crippen LogP contribution in [0.3, 0.4) is 0 Å². The summed E-state index contributed by atoms with van der Waals surface area (Å²) in [6.07, 6.45) is 4.35. The zero-order chi connectivity index (χ0) is 11.4. The second-order valence-corrected chi connectivity index (χ2v) is 5.39. The summed E-state index contributed by atoms with van der Waals surface area (Å²) in [4.78, 5) is 7.68. The summed E-state index contributed by atoms with van der Waals surface area (Å²) in [6.45, 7) is 2.67. The number of aromatic nitrogens is 1. The van der Waals surface area contributed by atoms with Crippen LogP contribution in [0.5, 0.6) is 0 Å². The van der Waals surface area contributed by atoms with Gasteiger partial charge in [0.15, 0.2) is 5.13 Å². The number of ether oxygens (including phenoxy) is 1. The minimum absolute atomic E-state index is 0. The fourth-order valence-corrected chi connectivity index (χ4v) is 2.52. The molecule has 1 unspecified atom stereocenters. The molecule has 1 aliphatic rings. The van der Waals surface area contributed by atoms with Crippen molar-refractivity contribution in [2.24, 2.45) is 0 Å². The van der Waals surface area contributed by atoms with Crippen molar-refractivity contribution < 1.29 is 4.74 Å². The zero-order valence-electron chi connectivity index (χ0n) is 10.3. The zero-order valence-corrected chi connectivity index (χ0v) is 11.9. The summed E-state index contributed by atoms with van der Waals surface area (Å²) in [7, 11) is 4.04. The van der Waals surface area contributed by atoms with E-state index in [-0.39, 0.29) is 12.4 Å². The van der Waals surface area contributed by atoms with Crippen molar-refractivity contribution in [3.05, 3.63) is 11.1 Å². The van der Waals surface area contributed by atoms with Crippen LogP contribution in [0.4, 0.5) is 5.13 Å². The lowest BCUT2D eigenvalue weighted by Crippen LogP contribution is -2.36. The van der Waals surface area contributed by atoms with E-state index in [2.05, 4.69) is 10.3 Å². The Balaban J connectivity index is 0.00000144. The van der Waals surface area contributed by atoms with E-state index in [4.69, 9.17) is 4.74 Å². The average Bonchev–Trinajstić information content (AvgIpc) is 2.76. The lowest BCUT2D eigenvalue weighted by molar-refractivity contribution is 0.0700. The minimum Gasteiger partial charge on any atom is -0.380 e. The molecule has 98 valence electrons. The first-order chi connectivity index (χ1) is 7.75. The largest absolute Gasteiger partial charge is 0.380 e. The molecule has 0 aromatic carbocycles. The number of nitrogens with one attached hydrogen (secondary N) is 1. The number of hydrogen-bond donors (Lipinski definition) is 1. The van der Waals surface area contributed by atoms with Gasteiger partial charge in [-0.25, -0.2) is 4.98 Å². The Hall–Kier alpha value is -0.360. The first kappa shape index (κ1) is 14.7. The van der Waals surface area contributed by atoms with Crippen LogP contribution in [-0.2, 0) is 11.3 Å². The fraction of sp³-hybridized carbons (Fsp3) is 0.727. The summed E-state index contributed by atoms with van der Waals surface area (Å²) in [5.74, 6) is 0. The summed E-state index contributed by atoms with van der Waals surface area (Å²) in [5.41, 5.74) is 0. The van der Waals surface area contributed by atoms with E-state index >= 15 is 0 Å². The molecule has 1 N–H and O–H groups in total. The van der Waals surface area contributed by atoms with Gasteiger partial charge in [-0.1, -0.05) is 0 Å². The molecule has 0 bridgehead atoms. The molecule has 0 amide bonds. The number of anilines is 1. The number of halogens is 1. The van der Waals surface area contributed by atoms with E-state index in [1.165, 1.54) is 17.7 Å². The minimum atomic E-state index is 0. The van der Waals surface area contributed by atoms with Crippen molar-refractivity contribution in [2.75, 3.05) is 32.2 Å². The molecule has 0 aliphatic carbocycles. The van der Waals surface area contributed by atoms with E-state index < -0.39 is 0 Å². The molecule has 0 spiro atoms. The van der Waals surface area contributed by atoms with Crippen LogP contribution < -0.4 is 10.2 Å². The highest BCUT2D eigenvalue weighted by molar-refractivity contribution is 7.15. The van der Waals surface area contributed by atoms with Gasteiger partial charge in [-0.05, 0) is 12.8 Å². The van der Waals surface area contributed by atoms with Crippen LogP contribution in [-0.4, -0.2) is 38.3 Å². The standard InChI is InChI=1S/C11H19N3OS.ClH/c1-14(2)11-13-7-10(16-11)6-12-9-4-3-5-15-8-9;/h7,9,12H,3-6,8H2,1-2H3;1H. The first-order valence-corrected chi connectivity index (χ1v) is 6.50. The van der Waals surface area contributed by atoms with Gasteiger partial charge in [0.25, 0.3) is 0 Å². The van der Waals surface area contributed by atoms with Crippen molar-refractivity contribution in [1.29, 1.82) is 0 Å². The van der Waals surface area contributed by atoms with E-state index in [1.807, 2.05) is 25.2 Å². The van der Waals surface area contributed by atoms with Gasteiger partial charge in [0.2, 0.25) is 0 Å². The first-order valence-electron chi connectivity index (χ1n) is 5.69. The van der Waals surface area contributed by atoms with Crippen molar-refractivity contribution in [3.8, 4) is 0 Å². The Kier molecular flexibility index (Phi) is 6.19. The Morgan fingerprint density at radius 1 is 1.59 bits per heavy atom. The summed E-state index contributed by atoms with van der Waals surface area (Å²) < 4.78 is 5.43. The molecule has 17 heavy (non-hydrogen) atoms. The van der Waals surface area contributed by atoms with Crippen molar-refractivity contribution in [3.63, 3.8) is 0 Å². The lowest BCUT2D eigenvalue weighted by atomic mass is 10.1. The summed E-state index contributed by atoms with van der Waals surface area (Å²) >= 11 is 1.74. The van der Waals surface area contributed by atoms with Crippen LogP contribution in [0.2, 0.25) is 0 Å². The molecule has 1 fully saturated rings. The maximum atomic E-state index is 5.43. The Bertz CT molecular complexity index is 326. The molecular weight excluding hydrogens is 258 g/mol. The molecule has 1 saturated heterocycles. The molecule has 2 heterocycles. The molecule has 1 aromatic heterocycles. The molecule has 0 radical (unpaired) electrons. The van der Waals surface area contributed by atoms with E-state index in [0.29, 0.717) is 6.04 Å². The maximum Gasteiger partial charge on any atom is 0.185 e. The topological polar surface area (TPSA) is 37.4 Å². The molecule has 6 heteroatoms. The monoisotopic (exact) mass is 277 g/mol. The number of hydrogen-bond acceptors (Lipinski definition) is 5. The van der Waals surface area contributed by atoms with Crippen LogP contribution in [0, 0.1) is 0 Å². The quantitative estimate of drug-likeness (QED) is 0.912. The Morgan fingerprint density at radius 2 is 2.41 bits per heavy atom. The number of nitrogens with zero attached hydrogens (tertiary/aromatic N) is 2. The van der Waals surface area contributed by atoms with Gasteiger partial charge in [-0.15, -0.1) is 23.7 Å². The number of rotatable bonds is 4. The van der Waals surface area contributed by atoms with Crippen LogP contribution in [0.15, 0.2) is 6.20 Å². The predicted octanol–water partition coefficient (Wildman–Crippen LogP) is 1.90. The smallest absolute Gasteiger partial charge is 0.185 e. The normalized spacial score (nSPS) is 19.8. The van der Waals surface area contributed by atoms with Crippen LogP contribution in [0.1, 0.15) is 17.7 Å². The van der Waals surface area contributed by atoms with Crippen molar-refractivity contribution >= 4 is 28.9 Å². The molecule has 1 atom stereocenters. The van der Waals surface area contributed by atoms with Gasteiger partial charge < -0.3 is 15.0 Å². The van der Waals surface area contributed by atoms with E-state index in [0.717, 1.165) is 24.9 Å². The third-order valence-electron chi connectivity index (χ3n) is 2.65. The van der Waals surface area contributed by atoms with Gasteiger partial charge in [-0.2, -0.15) is 0 Å². The third kappa shape index (κ3) is 4.43. The van der Waals surface area contributed by atoms with Gasteiger partial charge in [0.1, 0.15) is 0 Å². The predicted molar refractivity (Wildman–Crippen MR) is 74.4 cm³/mol. The van der Waals surface area contributed by atoms with Crippen LogP contribution >= 0.6 is 23.7 Å². The van der Waals surface area contributed by atoms with Gasteiger partial charge in [0.05, 0.1) is 6.61 Å². The summed E-state index contributed by atoms with van der Waals surface area (Å²) in [6, 6.07) is 0.513. The second kappa shape index (κ2) is 7.16. The SMILES string of the molecule is CN(C)c1ncc(CNC2CCCOC2)s1.Cl. The molecule has 2 rings (SSSR count). The lowest BCUT2D eigenvalue weighted by Gasteiger charge is -2.22. The molecular formula is C11H20ClN3OS. The summed E-state index contributed by atoms with van der Waals surface area (Å²) in [5, 5.41) is 4.58. The van der Waals surface area contributed by atoms with Gasteiger partial charge in [0, 0.05) is 44.4 Å². The fourth-order valence-electron chi connectivity index (χ4n) is 1.73.